The summed E-state index contributed by atoms with van der Waals surface area (Å²) >= 11 is 5.91. The van der Waals surface area contributed by atoms with E-state index in [1.165, 1.54) is 24.3 Å². The second-order valence-electron chi connectivity index (χ2n) is 4.13. The van der Waals surface area contributed by atoms with Crippen LogP contribution in [0.2, 0.25) is 5.02 Å². The molecule has 0 bridgehead atoms. The molecule has 1 aromatic carbocycles. The number of carbonyl (C=O) groups is 1. The standard InChI is InChI=1S/C14H11ClFNO3/c1-8-2-5-12(13(17-8)14(18)19)20-7-9-6-10(16)3-4-11(9)15/h2-6H,7H2,1H3,(H,18,19). The number of nitrogens with zero attached hydrogens (tertiary/aromatic N) is 1. The quantitative estimate of drug-likeness (QED) is 0.938. The van der Waals surface area contributed by atoms with E-state index in [0.717, 1.165) is 0 Å². The van der Waals surface area contributed by atoms with Crippen LogP contribution in [0.25, 0.3) is 0 Å². The fourth-order valence-corrected chi connectivity index (χ4v) is 1.80. The summed E-state index contributed by atoms with van der Waals surface area (Å²) in [4.78, 5) is 15.0. The summed E-state index contributed by atoms with van der Waals surface area (Å²) < 4.78 is 18.5. The smallest absolute Gasteiger partial charge is 0.358 e. The molecule has 2 aromatic rings. The van der Waals surface area contributed by atoms with Crippen molar-refractivity contribution in [3.05, 3.63) is 58.1 Å². The van der Waals surface area contributed by atoms with Gasteiger partial charge in [0.15, 0.2) is 11.4 Å². The summed E-state index contributed by atoms with van der Waals surface area (Å²) in [6, 6.07) is 7.04. The number of halogens is 2. The van der Waals surface area contributed by atoms with Gasteiger partial charge in [-0.1, -0.05) is 11.6 Å². The number of benzene rings is 1. The Morgan fingerprint density at radius 1 is 1.40 bits per heavy atom. The lowest BCUT2D eigenvalue weighted by atomic mass is 10.2. The van der Waals surface area contributed by atoms with Crippen molar-refractivity contribution in [2.45, 2.75) is 13.5 Å². The van der Waals surface area contributed by atoms with Crippen molar-refractivity contribution in [2.75, 3.05) is 0 Å². The summed E-state index contributed by atoms with van der Waals surface area (Å²) in [6.07, 6.45) is 0. The zero-order valence-electron chi connectivity index (χ0n) is 10.6. The number of aromatic carboxylic acids is 1. The van der Waals surface area contributed by atoms with Crippen molar-refractivity contribution in [1.82, 2.24) is 4.98 Å². The van der Waals surface area contributed by atoms with Gasteiger partial charge >= 0.3 is 5.97 Å². The van der Waals surface area contributed by atoms with E-state index in [1.54, 1.807) is 13.0 Å². The lowest BCUT2D eigenvalue weighted by molar-refractivity contribution is 0.0684. The SMILES string of the molecule is Cc1ccc(OCc2cc(F)ccc2Cl)c(C(=O)O)n1. The number of hydrogen-bond acceptors (Lipinski definition) is 3. The van der Waals surface area contributed by atoms with Gasteiger partial charge in [0, 0.05) is 16.3 Å². The molecule has 1 N–H and O–H groups in total. The topological polar surface area (TPSA) is 59.4 Å². The van der Waals surface area contributed by atoms with Crippen LogP contribution in [0.4, 0.5) is 4.39 Å². The lowest BCUT2D eigenvalue weighted by Crippen LogP contribution is -2.07. The zero-order chi connectivity index (χ0) is 14.7. The molecule has 6 heteroatoms. The molecule has 0 aliphatic heterocycles. The van der Waals surface area contributed by atoms with Gasteiger partial charge in [0.2, 0.25) is 0 Å². The van der Waals surface area contributed by atoms with E-state index >= 15 is 0 Å². The Labute approximate surface area is 119 Å². The average molecular weight is 296 g/mol. The minimum Gasteiger partial charge on any atom is -0.486 e. The molecule has 20 heavy (non-hydrogen) atoms. The molecule has 0 radical (unpaired) electrons. The molecule has 0 aliphatic carbocycles. The van der Waals surface area contributed by atoms with Crippen LogP contribution in [-0.2, 0) is 6.61 Å². The molecule has 0 aliphatic rings. The van der Waals surface area contributed by atoms with Gasteiger partial charge in [-0.15, -0.1) is 0 Å². The number of carboxylic acid groups (broad SMARTS) is 1. The second-order valence-corrected chi connectivity index (χ2v) is 4.54. The Morgan fingerprint density at radius 2 is 2.15 bits per heavy atom. The number of carboxylic acids is 1. The van der Waals surface area contributed by atoms with Gasteiger partial charge in [-0.3, -0.25) is 0 Å². The lowest BCUT2D eigenvalue weighted by Gasteiger charge is -2.10. The highest BCUT2D eigenvalue weighted by atomic mass is 35.5. The molecule has 1 aromatic heterocycles. The summed E-state index contributed by atoms with van der Waals surface area (Å²) in [5.74, 6) is -1.51. The maximum absolute atomic E-state index is 13.1. The molecule has 1 heterocycles. The van der Waals surface area contributed by atoms with Crippen molar-refractivity contribution in [3.8, 4) is 5.75 Å². The van der Waals surface area contributed by atoms with Gasteiger partial charge in [-0.25, -0.2) is 14.2 Å². The van der Waals surface area contributed by atoms with Gasteiger partial charge in [0.25, 0.3) is 0 Å². The summed E-state index contributed by atoms with van der Waals surface area (Å²) in [5.41, 5.74) is 0.819. The van der Waals surface area contributed by atoms with Crippen LogP contribution < -0.4 is 4.74 Å². The van der Waals surface area contributed by atoms with Crippen LogP contribution in [0.15, 0.2) is 30.3 Å². The zero-order valence-corrected chi connectivity index (χ0v) is 11.3. The number of hydrogen-bond donors (Lipinski definition) is 1. The summed E-state index contributed by atoms with van der Waals surface area (Å²) in [7, 11) is 0. The van der Waals surface area contributed by atoms with Crippen molar-refractivity contribution in [2.24, 2.45) is 0 Å². The van der Waals surface area contributed by atoms with Crippen LogP contribution in [-0.4, -0.2) is 16.1 Å². The van der Waals surface area contributed by atoms with E-state index in [9.17, 15) is 9.18 Å². The monoisotopic (exact) mass is 295 g/mol. The molecule has 0 saturated heterocycles. The Morgan fingerprint density at radius 3 is 2.85 bits per heavy atom. The Hall–Kier alpha value is -2.14. The highest BCUT2D eigenvalue weighted by Gasteiger charge is 2.14. The Balaban J connectivity index is 2.23. The van der Waals surface area contributed by atoms with Crippen molar-refractivity contribution < 1.29 is 19.0 Å². The molecule has 2 rings (SSSR count). The Kier molecular flexibility index (Phi) is 4.20. The predicted molar refractivity (Wildman–Crippen MR) is 71.7 cm³/mol. The van der Waals surface area contributed by atoms with Gasteiger partial charge in [-0.2, -0.15) is 0 Å². The third kappa shape index (κ3) is 3.24. The van der Waals surface area contributed by atoms with Crippen LogP contribution in [0.1, 0.15) is 21.7 Å². The number of aromatic nitrogens is 1. The maximum atomic E-state index is 13.1. The van der Waals surface area contributed by atoms with Gasteiger partial charge < -0.3 is 9.84 Å². The third-order valence-corrected chi connectivity index (χ3v) is 2.96. The highest BCUT2D eigenvalue weighted by Crippen LogP contribution is 2.22. The van der Waals surface area contributed by atoms with Crippen LogP contribution in [0.3, 0.4) is 0 Å². The first-order chi connectivity index (χ1) is 9.47. The van der Waals surface area contributed by atoms with Crippen LogP contribution >= 0.6 is 11.6 Å². The third-order valence-electron chi connectivity index (χ3n) is 2.59. The van der Waals surface area contributed by atoms with E-state index < -0.39 is 11.8 Å². The van der Waals surface area contributed by atoms with Gasteiger partial charge in [0.05, 0.1) is 0 Å². The molecule has 0 atom stereocenters. The van der Waals surface area contributed by atoms with E-state index in [0.29, 0.717) is 16.3 Å². The second kappa shape index (κ2) is 5.88. The Bertz CT molecular complexity index is 661. The minimum absolute atomic E-state index is 0.0401. The van der Waals surface area contributed by atoms with Gasteiger partial charge in [-0.05, 0) is 37.3 Å². The molecule has 0 spiro atoms. The molecular formula is C14H11ClFNO3. The van der Waals surface area contributed by atoms with Crippen LogP contribution in [0, 0.1) is 12.7 Å². The largest absolute Gasteiger partial charge is 0.486 e. The molecule has 0 saturated carbocycles. The predicted octanol–water partition coefficient (Wildman–Crippen LogP) is 3.46. The van der Waals surface area contributed by atoms with E-state index in [1.807, 2.05) is 0 Å². The molecule has 0 fully saturated rings. The molecule has 4 nitrogen and oxygen atoms in total. The van der Waals surface area contributed by atoms with Crippen molar-refractivity contribution >= 4 is 17.6 Å². The first-order valence-corrected chi connectivity index (χ1v) is 6.13. The molecule has 104 valence electrons. The molecule has 0 amide bonds. The number of ether oxygens (including phenoxy) is 1. The molecular weight excluding hydrogens is 285 g/mol. The van der Waals surface area contributed by atoms with E-state index in [2.05, 4.69) is 4.98 Å². The highest BCUT2D eigenvalue weighted by molar-refractivity contribution is 6.31. The number of rotatable bonds is 4. The average Bonchev–Trinajstić information content (AvgIpc) is 2.40. The van der Waals surface area contributed by atoms with Crippen molar-refractivity contribution in [3.63, 3.8) is 0 Å². The van der Waals surface area contributed by atoms with E-state index in [4.69, 9.17) is 21.4 Å². The normalized spacial score (nSPS) is 10.3. The number of pyridine rings is 1. The number of aryl methyl sites for hydroxylation is 1. The summed E-state index contributed by atoms with van der Waals surface area (Å²) in [6.45, 7) is 1.64. The summed E-state index contributed by atoms with van der Waals surface area (Å²) in [5, 5.41) is 9.41. The minimum atomic E-state index is -1.19. The van der Waals surface area contributed by atoms with Gasteiger partial charge in [0.1, 0.15) is 12.4 Å². The fraction of sp³-hybridized carbons (Fsp3) is 0.143. The maximum Gasteiger partial charge on any atom is 0.358 e. The fourth-order valence-electron chi connectivity index (χ4n) is 1.62. The molecule has 0 unspecified atom stereocenters. The first-order valence-electron chi connectivity index (χ1n) is 5.75. The van der Waals surface area contributed by atoms with Crippen LogP contribution in [0.5, 0.6) is 5.75 Å². The van der Waals surface area contributed by atoms with E-state index in [-0.39, 0.29) is 18.1 Å². The first kappa shape index (κ1) is 14.3. The van der Waals surface area contributed by atoms with Crippen molar-refractivity contribution in [1.29, 1.82) is 0 Å².